The van der Waals surface area contributed by atoms with E-state index >= 15 is 0 Å². The average Bonchev–Trinajstić information content (AvgIpc) is 2.82. The zero-order chi connectivity index (χ0) is 21.8. The average molecular weight is 454 g/mol. The summed E-state index contributed by atoms with van der Waals surface area (Å²) < 4.78 is 5.42. The third-order valence-corrected chi connectivity index (χ3v) is 5.84. The number of aryl methyl sites for hydroxylation is 1. The first kappa shape index (κ1) is 23.6. The second-order valence-electron chi connectivity index (χ2n) is 7.82. The van der Waals surface area contributed by atoms with Crippen LogP contribution in [0.15, 0.2) is 36.4 Å². The Bertz CT molecular complexity index is 1120. The van der Waals surface area contributed by atoms with Crippen molar-refractivity contribution >= 4 is 34.8 Å². The minimum absolute atomic E-state index is 0. The van der Waals surface area contributed by atoms with Crippen LogP contribution in [0.5, 0.6) is 5.75 Å². The van der Waals surface area contributed by atoms with Crippen molar-refractivity contribution in [3.05, 3.63) is 53.1 Å². The summed E-state index contributed by atoms with van der Waals surface area (Å²) in [4.78, 5) is 2.16. The van der Waals surface area contributed by atoms with E-state index in [1.807, 2.05) is 30.3 Å². The summed E-state index contributed by atoms with van der Waals surface area (Å²) in [6, 6.07) is 14.0. The van der Waals surface area contributed by atoms with Gasteiger partial charge in [0.2, 0.25) is 0 Å². The number of aliphatic hydroxyl groups excluding tert-OH is 1. The van der Waals surface area contributed by atoms with Gasteiger partial charge in [-0.05, 0) is 54.7 Å². The standard InChI is InChI=1S/C24H27N5O2.ClH/c1-3-18-12-17(5-7-22(18)31-2)15-26-23-21-13-16(14-25)4-6-20(21)24(28-27-23)29-10-8-19(30)9-11-29;/h4-7,12-13,19,30H,3,8-11,15H2,1-2H3,(H,26,27);1H. The molecule has 0 bridgehead atoms. The predicted molar refractivity (Wildman–Crippen MR) is 129 cm³/mol. The second-order valence-corrected chi connectivity index (χ2v) is 7.82. The molecule has 0 atom stereocenters. The molecule has 4 rings (SSSR count). The molecule has 2 heterocycles. The Balaban J connectivity index is 0.00000289. The number of benzene rings is 2. The highest BCUT2D eigenvalue weighted by molar-refractivity contribution is 5.99. The van der Waals surface area contributed by atoms with E-state index in [1.54, 1.807) is 7.11 Å². The molecule has 0 amide bonds. The van der Waals surface area contributed by atoms with Crippen LogP contribution in [-0.4, -0.2) is 41.6 Å². The topological polar surface area (TPSA) is 94.3 Å². The highest BCUT2D eigenvalue weighted by Gasteiger charge is 2.21. The Kier molecular flexibility index (Phi) is 7.73. The van der Waals surface area contributed by atoms with Gasteiger partial charge in [-0.25, -0.2) is 0 Å². The first-order valence-electron chi connectivity index (χ1n) is 10.7. The highest BCUT2D eigenvalue weighted by atomic mass is 35.5. The lowest BCUT2D eigenvalue weighted by molar-refractivity contribution is 0.145. The van der Waals surface area contributed by atoms with E-state index in [2.05, 4.69) is 39.5 Å². The van der Waals surface area contributed by atoms with Gasteiger partial charge in [0.15, 0.2) is 11.6 Å². The van der Waals surface area contributed by atoms with E-state index in [0.29, 0.717) is 17.9 Å². The fourth-order valence-corrected chi connectivity index (χ4v) is 4.06. The van der Waals surface area contributed by atoms with Gasteiger partial charge in [-0.3, -0.25) is 0 Å². The fourth-order valence-electron chi connectivity index (χ4n) is 4.06. The van der Waals surface area contributed by atoms with Crippen LogP contribution in [0.4, 0.5) is 11.6 Å². The summed E-state index contributed by atoms with van der Waals surface area (Å²) in [5.41, 5.74) is 2.87. The molecule has 168 valence electrons. The van der Waals surface area contributed by atoms with Crippen molar-refractivity contribution in [2.75, 3.05) is 30.4 Å². The van der Waals surface area contributed by atoms with Gasteiger partial charge in [-0.2, -0.15) is 5.26 Å². The van der Waals surface area contributed by atoms with Gasteiger partial charge < -0.3 is 20.1 Å². The SMILES string of the molecule is CCc1cc(CNc2nnc(N3CCC(O)CC3)c3ccc(C#N)cc23)ccc1OC.Cl. The van der Waals surface area contributed by atoms with Crippen LogP contribution in [0, 0.1) is 11.3 Å². The molecule has 2 aromatic carbocycles. The number of piperidine rings is 1. The van der Waals surface area contributed by atoms with Crippen molar-refractivity contribution < 1.29 is 9.84 Å². The van der Waals surface area contributed by atoms with E-state index in [-0.39, 0.29) is 18.5 Å². The molecule has 0 aliphatic carbocycles. The van der Waals surface area contributed by atoms with E-state index < -0.39 is 0 Å². The Labute approximate surface area is 194 Å². The number of aliphatic hydroxyl groups is 1. The van der Waals surface area contributed by atoms with Gasteiger partial charge >= 0.3 is 0 Å². The Morgan fingerprint density at radius 3 is 2.62 bits per heavy atom. The van der Waals surface area contributed by atoms with Crippen LogP contribution in [0.25, 0.3) is 10.8 Å². The molecule has 0 saturated carbocycles. The number of ether oxygens (including phenoxy) is 1. The van der Waals surface area contributed by atoms with E-state index in [4.69, 9.17) is 4.74 Å². The number of anilines is 2. The monoisotopic (exact) mass is 453 g/mol. The zero-order valence-corrected chi connectivity index (χ0v) is 19.2. The lowest BCUT2D eigenvalue weighted by atomic mass is 10.1. The number of halogens is 1. The molecule has 0 radical (unpaired) electrons. The van der Waals surface area contributed by atoms with Crippen molar-refractivity contribution in [1.29, 1.82) is 5.26 Å². The summed E-state index contributed by atoms with van der Waals surface area (Å²) in [6.07, 6.45) is 2.08. The first-order chi connectivity index (χ1) is 15.1. The van der Waals surface area contributed by atoms with Gasteiger partial charge in [0.1, 0.15) is 5.75 Å². The summed E-state index contributed by atoms with van der Waals surface area (Å²) in [7, 11) is 1.69. The quantitative estimate of drug-likeness (QED) is 0.581. The van der Waals surface area contributed by atoms with Crippen molar-refractivity contribution in [2.45, 2.75) is 38.8 Å². The Morgan fingerprint density at radius 1 is 1.16 bits per heavy atom. The number of hydrogen-bond donors (Lipinski definition) is 2. The number of nitriles is 1. The van der Waals surface area contributed by atoms with Crippen molar-refractivity contribution in [1.82, 2.24) is 10.2 Å². The minimum atomic E-state index is -0.251. The smallest absolute Gasteiger partial charge is 0.159 e. The number of fused-ring (bicyclic) bond motifs is 1. The van der Waals surface area contributed by atoms with Gasteiger partial charge in [-0.15, -0.1) is 22.6 Å². The van der Waals surface area contributed by atoms with Crippen LogP contribution in [0.1, 0.15) is 36.5 Å². The first-order valence-corrected chi connectivity index (χ1v) is 10.7. The number of aromatic nitrogens is 2. The second kappa shape index (κ2) is 10.5. The van der Waals surface area contributed by atoms with Crippen LogP contribution in [0.3, 0.4) is 0 Å². The van der Waals surface area contributed by atoms with Crippen LogP contribution in [0.2, 0.25) is 0 Å². The summed E-state index contributed by atoms with van der Waals surface area (Å²) >= 11 is 0. The maximum absolute atomic E-state index is 9.83. The lowest BCUT2D eigenvalue weighted by Gasteiger charge is -2.31. The van der Waals surface area contributed by atoms with Crippen molar-refractivity contribution in [3.8, 4) is 11.8 Å². The van der Waals surface area contributed by atoms with E-state index in [0.717, 1.165) is 65.8 Å². The number of nitrogens with zero attached hydrogens (tertiary/aromatic N) is 4. The zero-order valence-electron chi connectivity index (χ0n) is 18.3. The molecule has 0 spiro atoms. The van der Waals surface area contributed by atoms with E-state index in [9.17, 15) is 10.4 Å². The molecule has 1 saturated heterocycles. The molecular formula is C24H28ClN5O2. The van der Waals surface area contributed by atoms with Crippen molar-refractivity contribution in [3.63, 3.8) is 0 Å². The Hall–Kier alpha value is -3.08. The molecule has 1 aliphatic rings. The lowest BCUT2D eigenvalue weighted by Crippen LogP contribution is -2.36. The Morgan fingerprint density at radius 2 is 1.94 bits per heavy atom. The van der Waals surface area contributed by atoms with Gasteiger partial charge in [0.05, 0.1) is 24.8 Å². The third-order valence-electron chi connectivity index (χ3n) is 5.84. The molecule has 1 aromatic heterocycles. The molecule has 2 N–H and O–H groups in total. The van der Waals surface area contributed by atoms with Crippen LogP contribution in [-0.2, 0) is 13.0 Å². The van der Waals surface area contributed by atoms with Crippen LogP contribution >= 0.6 is 12.4 Å². The molecule has 7 nitrogen and oxygen atoms in total. The number of hydrogen-bond acceptors (Lipinski definition) is 7. The molecule has 3 aromatic rings. The molecular weight excluding hydrogens is 426 g/mol. The normalized spacial score (nSPS) is 14.0. The van der Waals surface area contributed by atoms with Gasteiger partial charge in [0.25, 0.3) is 0 Å². The fraction of sp³-hybridized carbons (Fsp3) is 0.375. The largest absolute Gasteiger partial charge is 0.496 e. The van der Waals surface area contributed by atoms with Gasteiger partial charge in [-0.1, -0.05) is 19.1 Å². The maximum atomic E-state index is 9.83. The maximum Gasteiger partial charge on any atom is 0.159 e. The molecule has 8 heteroatoms. The summed E-state index contributed by atoms with van der Waals surface area (Å²) in [6.45, 7) is 4.18. The number of nitrogens with one attached hydrogen (secondary N) is 1. The van der Waals surface area contributed by atoms with E-state index in [1.165, 1.54) is 0 Å². The van der Waals surface area contributed by atoms with Crippen molar-refractivity contribution in [2.24, 2.45) is 0 Å². The molecule has 0 unspecified atom stereocenters. The summed E-state index contributed by atoms with van der Waals surface area (Å²) in [5.74, 6) is 2.35. The molecule has 32 heavy (non-hydrogen) atoms. The third kappa shape index (κ3) is 4.87. The van der Waals surface area contributed by atoms with Gasteiger partial charge in [0, 0.05) is 30.4 Å². The number of rotatable bonds is 6. The number of methoxy groups -OCH3 is 1. The minimum Gasteiger partial charge on any atom is -0.496 e. The van der Waals surface area contributed by atoms with Crippen LogP contribution < -0.4 is 15.0 Å². The summed E-state index contributed by atoms with van der Waals surface area (Å²) in [5, 5.41) is 33.4. The molecule has 1 fully saturated rings. The predicted octanol–water partition coefficient (Wildman–Crippen LogP) is 4.07. The molecule has 1 aliphatic heterocycles. The highest BCUT2D eigenvalue weighted by Crippen LogP contribution is 2.31.